The van der Waals surface area contributed by atoms with Crippen LogP contribution in [0.25, 0.3) is 22.2 Å². The first kappa shape index (κ1) is 35.6. The van der Waals surface area contributed by atoms with Crippen molar-refractivity contribution in [3.05, 3.63) is 53.9 Å². The summed E-state index contributed by atoms with van der Waals surface area (Å²) in [5, 5.41) is 4.83. The molecule has 244 valence electrons. The highest BCUT2D eigenvalue weighted by Gasteiger charge is 2.15. The molecule has 2 N–H and O–H groups in total. The van der Waals surface area contributed by atoms with E-state index in [-0.39, 0.29) is 16.0 Å². The molecule has 0 atom stereocenters. The molecule has 0 aliphatic heterocycles. The van der Waals surface area contributed by atoms with Gasteiger partial charge in [-0.1, -0.05) is 90.4 Å². The van der Waals surface area contributed by atoms with Crippen molar-refractivity contribution in [2.24, 2.45) is 12.1 Å². The minimum atomic E-state index is -4.47. The molecule has 3 rings (SSSR count). The Hall–Kier alpha value is -2.89. The summed E-state index contributed by atoms with van der Waals surface area (Å²) in [6.45, 7) is 2.24. The second-order valence-corrected chi connectivity index (χ2v) is 14.7. The lowest BCUT2D eigenvalue weighted by atomic mass is 10.0. The first-order valence-electron chi connectivity index (χ1n) is 15.8. The fourth-order valence-electron chi connectivity index (χ4n) is 5.39. The van der Waals surface area contributed by atoms with E-state index in [4.69, 9.17) is 4.74 Å². The largest absolute Gasteiger partial charge is 0.497 e. The third-order valence-electron chi connectivity index (χ3n) is 8.00. The van der Waals surface area contributed by atoms with Crippen molar-refractivity contribution in [2.45, 2.75) is 102 Å². The summed E-state index contributed by atoms with van der Waals surface area (Å²) in [6.07, 6.45) is 16.6. The molecular formula is C33H49N3O6S2. The smallest absolute Gasteiger partial charge is 0.294 e. The number of hydrogen-bond acceptors (Lipinski definition) is 6. The second-order valence-electron chi connectivity index (χ2n) is 11.5. The van der Waals surface area contributed by atoms with Crippen LogP contribution in [0.15, 0.2) is 58.5 Å². The number of pyridine rings is 1. The van der Waals surface area contributed by atoms with Gasteiger partial charge in [-0.15, -0.1) is 0 Å². The van der Waals surface area contributed by atoms with Gasteiger partial charge in [0.1, 0.15) is 5.75 Å². The Morgan fingerprint density at radius 1 is 0.773 bits per heavy atom. The van der Waals surface area contributed by atoms with Crippen molar-refractivity contribution >= 4 is 31.0 Å². The molecule has 3 aromatic rings. The van der Waals surface area contributed by atoms with Gasteiger partial charge in [-0.25, -0.2) is 13.2 Å². The Balaban J connectivity index is 1.61. The Bertz CT molecular complexity index is 1620. The zero-order chi connectivity index (χ0) is 32.0. The van der Waals surface area contributed by atoms with Crippen LogP contribution < -0.4 is 14.9 Å². The topological polar surface area (TPSA) is 127 Å². The van der Waals surface area contributed by atoms with Gasteiger partial charge in [0.25, 0.3) is 10.1 Å². The van der Waals surface area contributed by atoms with Gasteiger partial charge in [0, 0.05) is 12.4 Å². The molecule has 0 aliphatic carbocycles. The number of nitrogens with zero attached hydrogens (tertiary/aromatic N) is 2. The molecule has 0 amide bonds. The lowest BCUT2D eigenvalue weighted by molar-refractivity contribution is 0.415. The van der Waals surface area contributed by atoms with Crippen LogP contribution in [0.1, 0.15) is 96.8 Å². The van der Waals surface area contributed by atoms with Gasteiger partial charge >= 0.3 is 0 Å². The minimum Gasteiger partial charge on any atom is -0.497 e. The summed E-state index contributed by atoms with van der Waals surface area (Å²) in [5.74, 6) is 0.644. The fraction of sp³-hybridized carbons (Fsp3) is 0.545. The van der Waals surface area contributed by atoms with E-state index in [1.54, 1.807) is 19.2 Å². The monoisotopic (exact) mass is 647 g/mol. The van der Waals surface area contributed by atoms with E-state index in [1.165, 1.54) is 76.3 Å². The van der Waals surface area contributed by atoms with Crippen molar-refractivity contribution in [3.63, 3.8) is 0 Å². The zero-order valence-electron chi connectivity index (χ0n) is 26.4. The van der Waals surface area contributed by atoms with Crippen molar-refractivity contribution in [1.82, 2.24) is 9.40 Å². The molecule has 0 radical (unpaired) electrons. The summed E-state index contributed by atoms with van der Waals surface area (Å²) in [6, 6.07) is 13.2. The maximum atomic E-state index is 12.8. The Kier molecular flexibility index (Phi) is 14.2. The van der Waals surface area contributed by atoms with E-state index in [9.17, 15) is 21.4 Å². The number of ether oxygens (including phenoxy) is 1. The highest BCUT2D eigenvalue weighted by Crippen LogP contribution is 2.25. The van der Waals surface area contributed by atoms with Crippen molar-refractivity contribution in [3.8, 4) is 17.0 Å². The first-order valence-corrected chi connectivity index (χ1v) is 18.9. The van der Waals surface area contributed by atoms with E-state index < -0.39 is 20.1 Å². The predicted molar refractivity (Wildman–Crippen MR) is 178 cm³/mol. The highest BCUT2D eigenvalue weighted by molar-refractivity contribution is 7.89. The van der Waals surface area contributed by atoms with Gasteiger partial charge in [0.05, 0.1) is 34.3 Å². The molecule has 0 saturated heterocycles. The highest BCUT2D eigenvalue weighted by atomic mass is 32.2. The Labute approximate surface area is 263 Å². The number of aryl methyl sites for hydroxylation is 1. The molecule has 0 aliphatic rings. The average molecular weight is 648 g/mol. The van der Waals surface area contributed by atoms with Crippen molar-refractivity contribution in [1.29, 1.82) is 0 Å². The van der Waals surface area contributed by atoms with E-state index in [0.717, 1.165) is 30.5 Å². The number of methoxy groups -OCH3 is 1. The Morgan fingerprint density at radius 3 is 1.84 bits per heavy atom. The molecule has 11 heteroatoms. The Morgan fingerprint density at radius 2 is 1.32 bits per heavy atom. The SMILES string of the molecule is CCCCCCCCCCCCCCCCS(=O)(=O)NN=c1cc(-c2ccc(OC)cc2)n(C)c2ccc(S(=O)(=O)O)cc12. The number of aromatic nitrogens is 1. The van der Waals surface area contributed by atoms with E-state index in [1.807, 2.05) is 35.9 Å². The summed E-state index contributed by atoms with van der Waals surface area (Å²) >= 11 is 0. The van der Waals surface area contributed by atoms with Crippen LogP contribution in [0.4, 0.5) is 0 Å². The summed E-state index contributed by atoms with van der Waals surface area (Å²) < 4.78 is 66.1. The van der Waals surface area contributed by atoms with Crippen LogP contribution in [0, 0.1) is 0 Å². The van der Waals surface area contributed by atoms with Gasteiger partial charge in [0.2, 0.25) is 10.0 Å². The van der Waals surface area contributed by atoms with E-state index in [2.05, 4.69) is 16.9 Å². The van der Waals surface area contributed by atoms with Crippen LogP contribution in [0.3, 0.4) is 0 Å². The molecule has 1 aromatic heterocycles. The molecular weight excluding hydrogens is 599 g/mol. The second kappa shape index (κ2) is 17.6. The average Bonchev–Trinajstić information content (AvgIpc) is 3.00. The molecule has 1 heterocycles. The van der Waals surface area contributed by atoms with Crippen molar-refractivity contribution < 1.29 is 26.1 Å². The summed E-state index contributed by atoms with van der Waals surface area (Å²) in [4.78, 5) is 2.04. The fourth-order valence-corrected chi connectivity index (χ4v) is 6.81. The maximum Gasteiger partial charge on any atom is 0.294 e. The molecule has 0 bridgehead atoms. The standard InChI is InChI=1S/C33H49N3O6S2/c1-4-5-6-7-8-9-10-11-12-13-14-15-16-17-24-43(37,38)35-34-31-26-33(27-18-20-28(42-3)21-19-27)36(2)32-23-22-29(25-30(31)32)44(39,40)41/h18-23,25-26,35H,4-17,24H2,1-3H3,(H,39,40,41). The third-order valence-corrected chi connectivity index (χ3v) is 10.0. The van der Waals surface area contributed by atoms with Gasteiger partial charge in [-0.2, -0.15) is 13.5 Å². The number of fused-ring (bicyclic) bond motifs is 1. The molecule has 0 unspecified atom stereocenters. The summed E-state index contributed by atoms with van der Waals surface area (Å²) in [7, 11) is -4.78. The summed E-state index contributed by atoms with van der Waals surface area (Å²) in [5.41, 5.74) is 2.16. The van der Waals surface area contributed by atoms with Crippen LogP contribution in [0.5, 0.6) is 5.75 Å². The molecule has 0 saturated carbocycles. The number of hydrogen-bond donors (Lipinski definition) is 2. The lowest BCUT2D eigenvalue weighted by Gasteiger charge is -2.15. The molecule has 9 nitrogen and oxygen atoms in total. The van der Waals surface area contributed by atoms with Crippen LogP contribution in [-0.4, -0.2) is 38.8 Å². The number of unbranched alkanes of at least 4 members (excludes halogenated alkanes) is 13. The third kappa shape index (κ3) is 11.2. The number of benzene rings is 2. The maximum absolute atomic E-state index is 12.8. The van der Waals surface area contributed by atoms with Crippen molar-refractivity contribution in [2.75, 3.05) is 12.9 Å². The van der Waals surface area contributed by atoms with Crippen LogP contribution in [0.2, 0.25) is 0 Å². The minimum absolute atomic E-state index is 0.0469. The van der Waals surface area contributed by atoms with Crippen LogP contribution >= 0.6 is 0 Å². The number of sulfonamides is 1. The zero-order valence-corrected chi connectivity index (χ0v) is 28.1. The number of nitrogens with one attached hydrogen (secondary N) is 1. The number of rotatable bonds is 20. The van der Waals surface area contributed by atoms with Crippen LogP contribution in [-0.2, 0) is 27.2 Å². The quantitative estimate of drug-likeness (QED) is 0.0752. The molecule has 0 spiro atoms. The first-order chi connectivity index (χ1) is 21.1. The van der Waals surface area contributed by atoms with E-state index >= 15 is 0 Å². The van der Waals surface area contributed by atoms with E-state index in [0.29, 0.717) is 23.1 Å². The molecule has 44 heavy (non-hydrogen) atoms. The van der Waals surface area contributed by atoms with Gasteiger partial charge in [-0.3, -0.25) is 4.55 Å². The molecule has 2 aromatic carbocycles. The predicted octanol–water partition coefficient (Wildman–Crippen LogP) is 7.32. The lowest BCUT2D eigenvalue weighted by Crippen LogP contribution is -2.25. The molecule has 0 fully saturated rings. The van der Waals surface area contributed by atoms with Gasteiger partial charge < -0.3 is 9.30 Å². The van der Waals surface area contributed by atoms with Gasteiger partial charge in [0.15, 0.2) is 0 Å². The van der Waals surface area contributed by atoms with Gasteiger partial charge in [-0.05, 0) is 60.5 Å². The normalized spacial score (nSPS) is 12.6.